The molecule has 1 aromatic heterocycles. The second-order valence-corrected chi connectivity index (χ2v) is 6.73. The minimum absolute atomic E-state index is 0.143. The molecule has 6 nitrogen and oxygen atoms in total. The molecule has 3 rings (SSSR count). The van der Waals surface area contributed by atoms with Crippen LogP contribution < -0.4 is 15.4 Å². The molecule has 1 heterocycles. The van der Waals surface area contributed by atoms with Gasteiger partial charge in [0, 0.05) is 0 Å². The van der Waals surface area contributed by atoms with Crippen molar-refractivity contribution in [2.45, 2.75) is 6.92 Å². The maximum absolute atomic E-state index is 12.0. The Morgan fingerprint density at radius 1 is 1.00 bits per heavy atom. The first-order chi connectivity index (χ1) is 13.1. The van der Waals surface area contributed by atoms with Crippen LogP contribution in [0.15, 0.2) is 60.7 Å². The number of aromatic nitrogens is 1. The summed E-state index contributed by atoms with van der Waals surface area (Å²) < 4.78 is 5.33. The Bertz CT molecular complexity index is 911. The first kappa shape index (κ1) is 18.6. The lowest BCUT2D eigenvalue weighted by atomic mass is 10.2. The van der Waals surface area contributed by atoms with Crippen molar-refractivity contribution in [1.82, 2.24) is 10.3 Å². The number of anilines is 1. The van der Waals surface area contributed by atoms with E-state index in [2.05, 4.69) is 15.6 Å². The van der Waals surface area contributed by atoms with E-state index >= 15 is 0 Å². The molecule has 2 aromatic carbocycles. The molecule has 0 fully saturated rings. The molecular formula is C20H19N3O3S. The van der Waals surface area contributed by atoms with Gasteiger partial charge in [0.1, 0.15) is 5.75 Å². The third-order valence-electron chi connectivity index (χ3n) is 3.64. The Morgan fingerprint density at radius 3 is 2.37 bits per heavy atom. The van der Waals surface area contributed by atoms with Crippen LogP contribution in [-0.4, -0.2) is 29.9 Å². The maximum Gasteiger partial charge on any atom is 0.258 e. The lowest BCUT2D eigenvalue weighted by Crippen LogP contribution is -2.35. The number of carbonyl (C=O) groups is 2. The molecule has 3 aromatic rings. The molecule has 0 saturated carbocycles. The highest BCUT2D eigenvalue weighted by Gasteiger charge is 2.12. The quantitative estimate of drug-likeness (QED) is 0.658. The van der Waals surface area contributed by atoms with Gasteiger partial charge in [0.05, 0.1) is 17.1 Å². The van der Waals surface area contributed by atoms with Crippen LogP contribution in [0.3, 0.4) is 0 Å². The molecule has 2 amide bonds. The monoisotopic (exact) mass is 381 g/mol. The average Bonchev–Trinajstić information content (AvgIpc) is 3.06. The van der Waals surface area contributed by atoms with E-state index in [4.69, 9.17) is 4.74 Å². The summed E-state index contributed by atoms with van der Waals surface area (Å²) in [5.74, 6) is -0.102. The number of ether oxygens (including phenoxy) is 1. The molecule has 7 heteroatoms. The number of para-hydroxylation sites is 1. The van der Waals surface area contributed by atoms with Gasteiger partial charge in [-0.15, -0.1) is 0 Å². The standard InChI is InChI=1S/C20H19N3O3S/c1-14-19(15-8-4-2-5-9-15)27-20(22-14)23-17(24)12-21-18(25)13-26-16-10-6-3-7-11-16/h2-11H,12-13H2,1H3,(H,21,25)(H,22,23,24). The molecule has 0 radical (unpaired) electrons. The van der Waals surface area contributed by atoms with Crippen molar-refractivity contribution in [3.63, 3.8) is 0 Å². The number of nitrogens with zero attached hydrogens (tertiary/aromatic N) is 1. The van der Waals surface area contributed by atoms with Gasteiger partial charge in [0.15, 0.2) is 11.7 Å². The maximum atomic E-state index is 12.0. The van der Waals surface area contributed by atoms with Gasteiger partial charge >= 0.3 is 0 Å². The van der Waals surface area contributed by atoms with E-state index in [1.54, 1.807) is 12.1 Å². The predicted molar refractivity (Wildman–Crippen MR) is 106 cm³/mol. The van der Waals surface area contributed by atoms with Gasteiger partial charge in [-0.2, -0.15) is 0 Å². The normalized spacial score (nSPS) is 10.3. The number of hydrogen-bond donors (Lipinski definition) is 2. The van der Waals surface area contributed by atoms with Crippen LogP contribution in [-0.2, 0) is 9.59 Å². The number of nitrogens with one attached hydrogen (secondary N) is 2. The van der Waals surface area contributed by atoms with Gasteiger partial charge in [0.2, 0.25) is 5.91 Å². The van der Waals surface area contributed by atoms with Crippen LogP contribution >= 0.6 is 11.3 Å². The smallest absolute Gasteiger partial charge is 0.258 e. The van der Waals surface area contributed by atoms with Crippen molar-refractivity contribution in [3.8, 4) is 16.2 Å². The summed E-state index contributed by atoms with van der Waals surface area (Å²) in [5.41, 5.74) is 1.90. The Kier molecular flexibility index (Phi) is 6.17. The number of benzene rings is 2. The molecule has 138 valence electrons. The van der Waals surface area contributed by atoms with E-state index in [9.17, 15) is 9.59 Å². The summed E-state index contributed by atoms with van der Waals surface area (Å²) in [5, 5.41) is 5.75. The second kappa shape index (κ2) is 8.95. The fraction of sp³-hybridized carbons (Fsp3) is 0.150. The lowest BCUT2D eigenvalue weighted by molar-refractivity contribution is -0.125. The van der Waals surface area contributed by atoms with Crippen molar-refractivity contribution in [1.29, 1.82) is 0 Å². The SMILES string of the molecule is Cc1nc(NC(=O)CNC(=O)COc2ccccc2)sc1-c1ccccc1. The van der Waals surface area contributed by atoms with Gasteiger partial charge < -0.3 is 15.4 Å². The minimum Gasteiger partial charge on any atom is -0.484 e. The molecular weight excluding hydrogens is 362 g/mol. The van der Waals surface area contributed by atoms with Crippen molar-refractivity contribution in [2.75, 3.05) is 18.5 Å². The summed E-state index contributed by atoms with van der Waals surface area (Å²) in [7, 11) is 0. The molecule has 0 atom stereocenters. The molecule has 27 heavy (non-hydrogen) atoms. The fourth-order valence-electron chi connectivity index (χ4n) is 2.37. The van der Waals surface area contributed by atoms with Crippen LogP contribution in [0.4, 0.5) is 5.13 Å². The first-order valence-electron chi connectivity index (χ1n) is 8.39. The zero-order valence-electron chi connectivity index (χ0n) is 14.8. The van der Waals surface area contributed by atoms with Crippen LogP contribution in [0.25, 0.3) is 10.4 Å². The summed E-state index contributed by atoms with van der Waals surface area (Å²) in [6, 6.07) is 18.9. The molecule has 0 bridgehead atoms. The largest absolute Gasteiger partial charge is 0.484 e. The van der Waals surface area contributed by atoms with E-state index in [1.807, 2.05) is 55.5 Å². The Morgan fingerprint density at radius 2 is 1.67 bits per heavy atom. The van der Waals surface area contributed by atoms with Crippen LogP contribution in [0.1, 0.15) is 5.69 Å². The zero-order valence-corrected chi connectivity index (χ0v) is 15.6. The molecule has 0 spiro atoms. The van der Waals surface area contributed by atoms with Crippen LogP contribution in [0.2, 0.25) is 0 Å². The van der Waals surface area contributed by atoms with Crippen molar-refractivity contribution >= 4 is 28.3 Å². The van der Waals surface area contributed by atoms with Crippen molar-refractivity contribution < 1.29 is 14.3 Å². The fourth-order valence-corrected chi connectivity index (χ4v) is 3.35. The first-order valence-corrected chi connectivity index (χ1v) is 9.21. The van der Waals surface area contributed by atoms with Gasteiger partial charge in [-0.1, -0.05) is 59.9 Å². The average molecular weight is 381 g/mol. The van der Waals surface area contributed by atoms with Gasteiger partial charge in [-0.25, -0.2) is 4.98 Å². The van der Waals surface area contributed by atoms with E-state index in [-0.39, 0.29) is 25.0 Å². The number of carbonyl (C=O) groups excluding carboxylic acids is 2. The molecule has 0 aliphatic heterocycles. The van der Waals surface area contributed by atoms with Crippen molar-refractivity contribution in [2.24, 2.45) is 0 Å². The molecule has 2 N–H and O–H groups in total. The summed E-state index contributed by atoms with van der Waals surface area (Å²) in [6.45, 7) is 1.61. The van der Waals surface area contributed by atoms with Crippen LogP contribution in [0, 0.1) is 6.92 Å². The number of amides is 2. The third-order valence-corrected chi connectivity index (χ3v) is 4.76. The summed E-state index contributed by atoms with van der Waals surface area (Å²) in [6.07, 6.45) is 0. The minimum atomic E-state index is -0.366. The number of rotatable bonds is 7. The highest BCUT2D eigenvalue weighted by molar-refractivity contribution is 7.19. The molecule has 0 aliphatic rings. The van der Waals surface area contributed by atoms with E-state index < -0.39 is 0 Å². The number of thiazole rings is 1. The van der Waals surface area contributed by atoms with Crippen molar-refractivity contribution in [3.05, 3.63) is 66.4 Å². The number of hydrogen-bond acceptors (Lipinski definition) is 5. The van der Waals surface area contributed by atoms with E-state index in [0.29, 0.717) is 10.9 Å². The highest BCUT2D eigenvalue weighted by atomic mass is 32.1. The molecule has 0 unspecified atom stereocenters. The van der Waals surface area contributed by atoms with Gasteiger partial charge in [0.25, 0.3) is 5.91 Å². The highest BCUT2D eigenvalue weighted by Crippen LogP contribution is 2.32. The third kappa shape index (κ3) is 5.39. The van der Waals surface area contributed by atoms with Crippen LogP contribution in [0.5, 0.6) is 5.75 Å². The Labute approximate surface area is 161 Å². The van der Waals surface area contributed by atoms with E-state index in [1.165, 1.54) is 11.3 Å². The molecule has 0 saturated heterocycles. The summed E-state index contributed by atoms with van der Waals surface area (Å²) >= 11 is 1.40. The van der Waals surface area contributed by atoms with E-state index in [0.717, 1.165) is 16.1 Å². The Balaban J connectivity index is 1.47. The topological polar surface area (TPSA) is 80.3 Å². The van der Waals surface area contributed by atoms with Gasteiger partial charge in [-0.3, -0.25) is 9.59 Å². The lowest BCUT2D eigenvalue weighted by Gasteiger charge is -2.07. The molecule has 0 aliphatic carbocycles. The number of aryl methyl sites for hydroxylation is 1. The predicted octanol–water partition coefficient (Wildman–Crippen LogP) is 3.25. The van der Waals surface area contributed by atoms with Gasteiger partial charge in [-0.05, 0) is 24.6 Å². The zero-order chi connectivity index (χ0) is 19.1. The Hall–Kier alpha value is -3.19. The second-order valence-electron chi connectivity index (χ2n) is 5.73. The summed E-state index contributed by atoms with van der Waals surface area (Å²) in [4.78, 5) is 29.2.